The second kappa shape index (κ2) is 6.25. The van der Waals surface area contributed by atoms with Crippen molar-refractivity contribution >= 4 is 27.5 Å². The van der Waals surface area contributed by atoms with Crippen molar-refractivity contribution in [2.24, 2.45) is 0 Å². The summed E-state index contributed by atoms with van der Waals surface area (Å²) in [6.07, 6.45) is 2.97. The smallest absolute Gasteiger partial charge is 0.271 e. The van der Waals surface area contributed by atoms with Crippen molar-refractivity contribution in [1.82, 2.24) is 24.8 Å². The fraction of sp³-hybridized carbons (Fsp3) is 0.267. The van der Waals surface area contributed by atoms with Gasteiger partial charge in [-0.2, -0.15) is 0 Å². The van der Waals surface area contributed by atoms with Gasteiger partial charge in [0.25, 0.3) is 11.5 Å². The number of thiophene rings is 1. The Morgan fingerprint density at radius 1 is 1.30 bits per heavy atom. The third-order valence-corrected chi connectivity index (χ3v) is 4.22. The van der Waals surface area contributed by atoms with Crippen molar-refractivity contribution in [2.75, 3.05) is 6.54 Å². The van der Waals surface area contributed by atoms with E-state index in [0.29, 0.717) is 24.3 Å². The van der Waals surface area contributed by atoms with E-state index in [1.54, 1.807) is 24.5 Å². The average Bonchev–Trinajstić information content (AvgIpc) is 2.99. The molecule has 0 fully saturated rings. The molecule has 0 spiro atoms. The Balaban J connectivity index is 1.70. The van der Waals surface area contributed by atoms with Crippen LogP contribution in [0.5, 0.6) is 0 Å². The predicted molar refractivity (Wildman–Crippen MR) is 87.7 cm³/mol. The van der Waals surface area contributed by atoms with Crippen LogP contribution in [0.2, 0.25) is 0 Å². The first-order valence-corrected chi connectivity index (χ1v) is 7.95. The van der Waals surface area contributed by atoms with Crippen molar-refractivity contribution in [1.29, 1.82) is 0 Å². The number of rotatable bonds is 4. The molecule has 0 unspecified atom stereocenters. The molecule has 3 aromatic rings. The van der Waals surface area contributed by atoms with Gasteiger partial charge in [0.1, 0.15) is 16.3 Å². The summed E-state index contributed by atoms with van der Waals surface area (Å²) < 4.78 is 1.57. The number of hydrogen-bond acceptors (Lipinski definition) is 6. The quantitative estimate of drug-likeness (QED) is 0.779. The van der Waals surface area contributed by atoms with Crippen molar-refractivity contribution in [3.63, 3.8) is 0 Å². The van der Waals surface area contributed by atoms with Gasteiger partial charge in [0.15, 0.2) is 0 Å². The first kappa shape index (κ1) is 15.3. The summed E-state index contributed by atoms with van der Waals surface area (Å²) in [5.74, 6) is 0.321. The van der Waals surface area contributed by atoms with Gasteiger partial charge in [-0.15, -0.1) is 11.3 Å². The highest BCUT2D eigenvalue weighted by molar-refractivity contribution is 7.16. The number of aryl methyl sites for hydroxylation is 2. The lowest BCUT2D eigenvalue weighted by Gasteiger charge is -2.10. The number of nitrogens with zero attached hydrogens (tertiary/aromatic N) is 4. The molecule has 3 rings (SSSR count). The van der Waals surface area contributed by atoms with Crippen LogP contribution >= 0.6 is 11.3 Å². The van der Waals surface area contributed by atoms with Crippen molar-refractivity contribution < 1.29 is 4.79 Å². The van der Waals surface area contributed by atoms with Gasteiger partial charge in [0.05, 0.1) is 17.3 Å². The highest BCUT2D eigenvalue weighted by Crippen LogP contribution is 2.14. The molecule has 7 nitrogen and oxygen atoms in total. The van der Waals surface area contributed by atoms with Gasteiger partial charge in [-0.3, -0.25) is 19.1 Å². The van der Waals surface area contributed by atoms with Crippen LogP contribution in [-0.4, -0.2) is 32.0 Å². The van der Waals surface area contributed by atoms with Crippen molar-refractivity contribution in [3.8, 4) is 0 Å². The number of carbonyl (C=O) groups excluding carboxylic acids is 1. The van der Waals surface area contributed by atoms with Crippen molar-refractivity contribution in [3.05, 3.63) is 51.4 Å². The molecule has 3 aromatic heterocycles. The summed E-state index contributed by atoms with van der Waals surface area (Å²) >= 11 is 1.44. The normalized spacial score (nSPS) is 10.9. The summed E-state index contributed by atoms with van der Waals surface area (Å²) in [4.78, 5) is 37.6. The minimum absolute atomic E-state index is 0.0851. The summed E-state index contributed by atoms with van der Waals surface area (Å²) in [6.45, 7) is 4.26. The van der Waals surface area contributed by atoms with Gasteiger partial charge in [0, 0.05) is 19.3 Å². The molecule has 0 aliphatic heterocycles. The van der Waals surface area contributed by atoms with Gasteiger partial charge in [-0.25, -0.2) is 9.97 Å². The number of carbonyl (C=O) groups is 1. The van der Waals surface area contributed by atoms with E-state index < -0.39 is 0 Å². The van der Waals surface area contributed by atoms with Crippen LogP contribution < -0.4 is 10.9 Å². The van der Waals surface area contributed by atoms with E-state index in [1.807, 2.05) is 5.38 Å². The molecule has 1 amide bonds. The van der Waals surface area contributed by atoms with Crippen LogP contribution in [0.15, 0.2) is 28.6 Å². The standard InChI is InChI=1S/C15H15N5O2S/c1-9-7-18-12(8-17-9)13(21)16-4-5-20-10(2)19-14-11(15(20)22)3-6-23-14/h3,6-8H,4-5H2,1-2H3,(H,16,21). The van der Waals surface area contributed by atoms with E-state index in [-0.39, 0.29) is 17.2 Å². The van der Waals surface area contributed by atoms with Crippen LogP contribution in [0, 0.1) is 13.8 Å². The zero-order chi connectivity index (χ0) is 16.4. The molecule has 1 N–H and O–H groups in total. The molecule has 0 aliphatic rings. The number of fused-ring (bicyclic) bond motifs is 1. The van der Waals surface area contributed by atoms with Gasteiger partial charge >= 0.3 is 0 Å². The Morgan fingerprint density at radius 3 is 2.87 bits per heavy atom. The van der Waals surface area contributed by atoms with E-state index in [2.05, 4.69) is 20.3 Å². The van der Waals surface area contributed by atoms with Gasteiger partial charge < -0.3 is 5.32 Å². The Bertz CT molecular complexity index is 914. The number of amides is 1. The second-order valence-corrected chi connectivity index (χ2v) is 5.95. The predicted octanol–water partition coefficient (Wildman–Crippen LogP) is 1.29. The first-order chi connectivity index (χ1) is 11.1. The Hall–Kier alpha value is -2.61. The summed E-state index contributed by atoms with van der Waals surface area (Å²) in [6, 6.07) is 1.77. The maximum absolute atomic E-state index is 12.4. The zero-order valence-corrected chi connectivity index (χ0v) is 13.6. The topological polar surface area (TPSA) is 89.8 Å². The SMILES string of the molecule is Cc1cnc(C(=O)NCCn2c(C)nc3sccc3c2=O)cn1. The average molecular weight is 329 g/mol. The summed E-state index contributed by atoms with van der Waals surface area (Å²) in [5, 5.41) is 5.19. The first-order valence-electron chi connectivity index (χ1n) is 7.08. The van der Waals surface area contributed by atoms with Crippen LogP contribution in [0.4, 0.5) is 0 Å². The van der Waals surface area contributed by atoms with Gasteiger partial charge in [-0.05, 0) is 25.3 Å². The summed E-state index contributed by atoms with van der Waals surface area (Å²) in [7, 11) is 0. The van der Waals surface area contributed by atoms with Crippen LogP contribution in [0.3, 0.4) is 0 Å². The molecule has 0 atom stereocenters. The molecule has 0 saturated carbocycles. The molecule has 3 heterocycles. The van der Waals surface area contributed by atoms with Gasteiger partial charge in [-0.1, -0.05) is 0 Å². The minimum Gasteiger partial charge on any atom is -0.349 e. The molecular weight excluding hydrogens is 314 g/mol. The van der Waals surface area contributed by atoms with E-state index in [1.165, 1.54) is 23.7 Å². The van der Waals surface area contributed by atoms with E-state index in [0.717, 1.165) is 10.5 Å². The Kier molecular flexibility index (Phi) is 4.16. The molecule has 0 saturated heterocycles. The minimum atomic E-state index is -0.312. The maximum Gasteiger partial charge on any atom is 0.271 e. The van der Waals surface area contributed by atoms with E-state index in [9.17, 15) is 9.59 Å². The van der Waals surface area contributed by atoms with E-state index >= 15 is 0 Å². The van der Waals surface area contributed by atoms with Crippen LogP contribution in [-0.2, 0) is 6.54 Å². The maximum atomic E-state index is 12.4. The molecule has 0 aliphatic carbocycles. The molecular formula is C15H15N5O2S. The number of nitrogens with one attached hydrogen (secondary N) is 1. The lowest BCUT2D eigenvalue weighted by molar-refractivity contribution is 0.0946. The fourth-order valence-corrected chi connectivity index (χ4v) is 3.00. The largest absolute Gasteiger partial charge is 0.349 e. The molecule has 0 aromatic carbocycles. The molecule has 0 bridgehead atoms. The highest BCUT2D eigenvalue weighted by Gasteiger charge is 2.10. The molecule has 118 valence electrons. The zero-order valence-electron chi connectivity index (χ0n) is 12.7. The highest BCUT2D eigenvalue weighted by atomic mass is 32.1. The number of aromatic nitrogens is 4. The Labute approximate surface area is 136 Å². The number of hydrogen-bond donors (Lipinski definition) is 1. The van der Waals surface area contributed by atoms with Gasteiger partial charge in [0.2, 0.25) is 0 Å². The second-order valence-electron chi connectivity index (χ2n) is 5.05. The summed E-state index contributed by atoms with van der Waals surface area (Å²) in [5.41, 5.74) is 0.920. The fourth-order valence-electron chi connectivity index (χ4n) is 2.20. The Morgan fingerprint density at radius 2 is 2.13 bits per heavy atom. The lowest BCUT2D eigenvalue weighted by atomic mass is 10.3. The molecule has 23 heavy (non-hydrogen) atoms. The van der Waals surface area contributed by atoms with Crippen LogP contribution in [0.1, 0.15) is 22.0 Å². The van der Waals surface area contributed by atoms with Crippen LogP contribution in [0.25, 0.3) is 10.2 Å². The molecule has 8 heteroatoms. The molecule has 0 radical (unpaired) electrons. The lowest BCUT2D eigenvalue weighted by Crippen LogP contribution is -2.32. The van der Waals surface area contributed by atoms with E-state index in [4.69, 9.17) is 0 Å². The van der Waals surface area contributed by atoms with Crippen molar-refractivity contribution in [2.45, 2.75) is 20.4 Å². The third kappa shape index (κ3) is 3.11. The third-order valence-electron chi connectivity index (χ3n) is 3.41. The monoisotopic (exact) mass is 329 g/mol.